The molecule has 3 aromatic rings. The van der Waals surface area contributed by atoms with Crippen molar-refractivity contribution >= 4 is 23.3 Å². The molecule has 11 heteroatoms. The van der Waals surface area contributed by atoms with Crippen molar-refractivity contribution in [1.82, 2.24) is 15.0 Å². The zero-order valence-corrected chi connectivity index (χ0v) is 16.6. The number of aromatic nitrogens is 3. The van der Waals surface area contributed by atoms with E-state index in [1.807, 2.05) is 12.2 Å². The molecule has 2 heterocycles. The number of fused-ring (bicyclic) bond motifs is 6. The van der Waals surface area contributed by atoms with E-state index in [0.29, 0.717) is 36.1 Å². The number of hydrogen-bond donors (Lipinski definition) is 2. The Hall–Kier alpha value is -4.02. The molecule has 2 N–H and O–H groups in total. The normalized spacial score (nSPS) is 13.6. The number of halogens is 3. The van der Waals surface area contributed by atoms with Crippen molar-refractivity contribution in [3.63, 3.8) is 0 Å². The monoisotopic (exact) mass is 445 g/mol. The fraction of sp³-hybridized carbons (Fsp3) is 0.190. The van der Waals surface area contributed by atoms with Gasteiger partial charge in [0.25, 0.3) is 0 Å². The third-order valence-corrected chi connectivity index (χ3v) is 4.02. The molecule has 1 aliphatic heterocycles. The van der Waals surface area contributed by atoms with Crippen LogP contribution in [0, 0.1) is 0 Å². The first-order valence-electron chi connectivity index (χ1n) is 9.53. The fourth-order valence-electron chi connectivity index (χ4n) is 2.69. The van der Waals surface area contributed by atoms with Gasteiger partial charge in [-0.2, -0.15) is 28.1 Å². The Morgan fingerprint density at radius 3 is 1.84 bits per heavy atom. The van der Waals surface area contributed by atoms with Gasteiger partial charge in [-0.15, -0.1) is 0 Å². The smallest absolute Gasteiger partial charge is 0.422 e. The van der Waals surface area contributed by atoms with Crippen molar-refractivity contribution in [1.29, 1.82) is 0 Å². The Labute approximate surface area is 181 Å². The van der Waals surface area contributed by atoms with Crippen molar-refractivity contribution < 1.29 is 27.4 Å². The van der Waals surface area contributed by atoms with Gasteiger partial charge in [0.2, 0.25) is 11.9 Å². The van der Waals surface area contributed by atoms with Gasteiger partial charge < -0.3 is 24.8 Å². The van der Waals surface area contributed by atoms with Crippen LogP contribution in [0.2, 0.25) is 0 Å². The minimum absolute atomic E-state index is 0.00607. The number of ether oxygens (including phenoxy) is 3. The maximum Gasteiger partial charge on any atom is 0.422 e. The molecule has 166 valence electrons. The molecule has 6 bridgehead atoms. The number of nitrogens with one attached hydrogen (secondary N) is 2. The summed E-state index contributed by atoms with van der Waals surface area (Å²) in [5.74, 6) is 1.15. The van der Waals surface area contributed by atoms with Gasteiger partial charge in [0.1, 0.15) is 24.7 Å². The van der Waals surface area contributed by atoms with Crippen molar-refractivity contribution in [2.24, 2.45) is 0 Å². The molecule has 32 heavy (non-hydrogen) atoms. The molecule has 0 fully saturated rings. The second-order valence-corrected chi connectivity index (χ2v) is 6.57. The van der Waals surface area contributed by atoms with Crippen LogP contribution in [-0.4, -0.2) is 40.9 Å². The molecule has 0 atom stereocenters. The number of alkyl halides is 3. The van der Waals surface area contributed by atoms with Gasteiger partial charge in [0, 0.05) is 23.5 Å². The molecule has 1 aliphatic rings. The van der Waals surface area contributed by atoms with Crippen LogP contribution in [0.3, 0.4) is 0 Å². The van der Waals surface area contributed by atoms with Crippen LogP contribution in [0.1, 0.15) is 0 Å². The van der Waals surface area contributed by atoms with Crippen molar-refractivity contribution in [3.8, 4) is 17.5 Å². The summed E-state index contributed by atoms with van der Waals surface area (Å²) in [5, 5.41) is 5.87. The lowest BCUT2D eigenvalue weighted by molar-refractivity contribution is -0.154. The van der Waals surface area contributed by atoms with Crippen LogP contribution in [-0.2, 0) is 0 Å². The second kappa shape index (κ2) is 9.41. The number of anilines is 4. The zero-order valence-electron chi connectivity index (χ0n) is 16.6. The highest BCUT2D eigenvalue weighted by Gasteiger charge is 2.29. The van der Waals surface area contributed by atoms with Crippen molar-refractivity contribution in [2.45, 2.75) is 6.18 Å². The third-order valence-electron chi connectivity index (χ3n) is 4.02. The first-order chi connectivity index (χ1) is 15.4. The van der Waals surface area contributed by atoms with E-state index in [1.54, 1.807) is 48.5 Å². The van der Waals surface area contributed by atoms with Gasteiger partial charge in [-0.3, -0.25) is 0 Å². The highest BCUT2D eigenvalue weighted by molar-refractivity contribution is 5.60. The van der Waals surface area contributed by atoms with E-state index >= 15 is 0 Å². The quantitative estimate of drug-likeness (QED) is 0.552. The van der Waals surface area contributed by atoms with E-state index in [0.717, 1.165) is 0 Å². The summed E-state index contributed by atoms with van der Waals surface area (Å²) in [6.45, 7) is -0.866. The Balaban J connectivity index is 1.69. The lowest BCUT2D eigenvalue weighted by Crippen LogP contribution is -2.20. The highest BCUT2D eigenvalue weighted by atomic mass is 19.4. The second-order valence-electron chi connectivity index (χ2n) is 6.57. The summed E-state index contributed by atoms with van der Waals surface area (Å²) in [6.07, 6.45) is -0.868. The first kappa shape index (κ1) is 21.2. The molecule has 4 rings (SSSR count). The van der Waals surface area contributed by atoms with Gasteiger partial charge in [-0.1, -0.05) is 12.1 Å². The SMILES string of the molecule is FC(F)(F)COc1nc2nc(n1)Nc1cccc(c1)OCC=CCOc1cccc(c1)N2. The van der Waals surface area contributed by atoms with Crippen LogP contribution in [0.5, 0.6) is 17.5 Å². The van der Waals surface area contributed by atoms with E-state index in [2.05, 4.69) is 25.6 Å². The third kappa shape index (κ3) is 6.24. The maximum atomic E-state index is 12.6. The fourth-order valence-corrected chi connectivity index (χ4v) is 2.69. The lowest BCUT2D eigenvalue weighted by atomic mass is 10.3. The molecule has 0 spiro atoms. The summed E-state index contributed by atoms with van der Waals surface area (Å²) in [5.41, 5.74) is 1.14. The van der Waals surface area contributed by atoms with Crippen molar-refractivity contribution in [2.75, 3.05) is 30.5 Å². The molecule has 0 aliphatic carbocycles. The molecule has 8 nitrogen and oxygen atoms in total. The van der Waals surface area contributed by atoms with Crippen LogP contribution >= 0.6 is 0 Å². The maximum absolute atomic E-state index is 12.6. The topological polar surface area (TPSA) is 90.4 Å². The first-order valence-corrected chi connectivity index (χ1v) is 9.53. The molecular formula is C21H18F3N5O3. The Morgan fingerprint density at radius 1 is 0.812 bits per heavy atom. The van der Waals surface area contributed by atoms with Gasteiger partial charge in [-0.05, 0) is 36.4 Å². The van der Waals surface area contributed by atoms with Crippen molar-refractivity contribution in [3.05, 3.63) is 60.7 Å². The van der Waals surface area contributed by atoms with Gasteiger partial charge in [0.15, 0.2) is 6.61 Å². The Kier molecular flexibility index (Phi) is 6.24. The Morgan fingerprint density at radius 2 is 1.34 bits per heavy atom. The molecule has 0 unspecified atom stereocenters. The molecule has 2 aromatic carbocycles. The predicted molar refractivity (Wildman–Crippen MR) is 111 cm³/mol. The molecular weight excluding hydrogens is 427 g/mol. The summed E-state index contributed by atoms with van der Waals surface area (Å²) in [7, 11) is 0. The van der Waals surface area contributed by atoms with Crippen LogP contribution in [0.15, 0.2) is 60.7 Å². The van der Waals surface area contributed by atoms with Crippen LogP contribution in [0.4, 0.5) is 36.4 Å². The summed E-state index contributed by atoms with van der Waals surface area (Å²) >= 11 is 0. The lowest BCUT2D eigenvalue weighted by Gasteiger charge is -2.13. The Bertz CT molecular complexity index is 1030. The summed E-state index contributed by atoms with van der Waals surface area (Å²) in [4.78, 5) is 12.1. The largest absolute Gasteiger partial charge is 0.489 e. The van der Waals surface area contributed by atoms with Gasteiger partial charge in [0.05, 0.1) is 0 Å². The number of hydrogen-bond acceptors (Lipinski definition) is 8. The number of nitrogens with zero attached hydrogens (tertiary/aromatic N) is 3. The van der Waals surface area contributed by atoms with E-state index in [9.17, 15) is 13.2 Å². The predicted octanol–water partition coefficient (Wildman–Crippen LogP) is 4.63. The molecule has 0 radical (unpaired) electrons. The van der Waals surface area contributed by atoms with Crippen LogP contribution in [0.25, 0.3) is 0 Å². The van der Waals surface area contributed by atoms with Gasteiger partial charge in [-0.25, -0.2) is 0 Å². The average Bonchev–Trinajstić information content (AvgIpc) is 2.74. The van der Waals surface area contributed by atoms with Crippen LogP contribution < -0.4 is 24.8 Å². The standard InChI is InChI=1S/C21H18F3N5O3/c22-21(23,24)13-32-20-28-18-25-14-5-3-7-16(11-14)30-9-1-2-10-31-17-8-4-6-15(12-17)26-19(27-18)29-20/h1-8,11-12H,9-10,13H2,(H2,25,26,27,28,29). The molecule has 1 aromatic heterocycles. The zero-order chi connectivity index (χ0) is 22.4. The van der Waals surface area contributed by atoms with Gasteiger partial charge >= 0.3 is 12.2 Å². The number of rotatable bonds is 2. The van der Waals surface area contributed by atoms with E-state index in [4.69, 9.17) is 14.2 Å². The summed E-state index contributed by atoms with van der Waals surface area (Å²) in [6, 6.07) is 13.5. The van der Waals surface area contributed by atoms with E-state index in [1.165, 1.54) is 0 Å². The minimum Gasteiger partial charge on any atom is -0.489 e. The number of benzene rings is 2. The molecule has 0 saturated carbocycles. The average molecular weight is 445 g/mol. The van der Waals surface area contributed by atoms with E-state index < -0.39 is 18.8 Å². The highest BCUT2D eigenvalue weighted by Crippen LogP contribution is 2.25. The minimum atomic E-state index is -4.54. The van der Waals surface area contributed by atoms with E-state index in [-0.39, 0.29) is 11.9 Å². The molecule has 0 saturated heterocycles. The molecule has 0 amide bonds. The summed E-state index contributed by atoms with van der Waals surface area (Å²) < 4.78 is 53.9.